The van der Waals surface area contributed by atoms with Gasteiger partial charge in [0.25, 0.3) is 0 Å². The molecule has 0 aliphatic rings. The predicted molar refractivity (Wildman–Crippen MR) is 129 cm³/mol. The van der Waals surface area contributed by atoms with Gasteiger partial charge in [-0.05, 0) is 57.0 Å². The lowest BCUT2D eigenvalue weighted by Gasteiger charge is -2.31. The molecule has 0 heterocycles. The van der Waals surface area contributed by atoms with E-state index >= 15 is 0 Å². The largest absolute Gasteiger partial charge is 0.497 e. The molecule has 0 saturated heterocycles. The van der Waals surface area contributed by atoms with E-state index in [0.29, 0.717) is 17.3 Å². The number of hydrogen-bond acceptors (Lipinski definition) is 4. The molecule has 0 fully saturated rings. The Labute approximate surface area is 194 Å². The molecule has 0 saturated carbocycles. The van der Waals surface area contributed by atoms with Gasteiger partial charge in [-0.25, -0.2) is 0 Å². The maximum atomic E-state index is 13.1. The van der Waals surface area contributed by atoms with Gasteiger partial charge in [0.2, 0.25) is 11.8 Å². The van der Waals surface area contributed by atoms with Crippen LogP contribution in [0.1, 0.15) is 38.8 Å². The van der Waals surface area contributed by atoms with Crippen molar-refractivity contribution in [3.05, 3.63) is 64.7 Å². The highest BCUT2D eigenvalue weighted by Gasteiger charge is 2.28. The number of halogens is 1. The van der Waals surface area contributed by atoms with Crippen molar-refractivity contribution in [1.29, 1.82) is 0 Å². The van der Waals surface area contributed by atoms with Gasteiger partial charge < -0.3 is 15.0 Å². The number of hydrogen-bond donors (Lipinski definition) is 1. The second kappa shape index (κ2) is 11.4. The Morgan fingerprint density at radius 2 is 1.77 bits per heavy atom. The summed E-state index contributed by atoms with van der Waals surface area (Å²) in [5.41, 5.74) is 1.54. The first-order chi connectivity index (χ1) is 14.6. The summed E-state index contributed by atoms with van der Waals surface area (Å²) in [5, 5.41) is 3.66. The smallest absolute Gasteiger partial charge is 0.242 e. The Kier molecular flexibility index (Phi) is 9.26. The fourth-order valence-electron chi connectivity index (χ4n) is 2.93. The monoisotopic (exact) mass is 462 g/mol. The van der Waals surface area contributed by atoms with Crippen molar-refractivity contribution in [2.75, 3.05) is 12.9 Å². The molecule has 31 heavy (non-hydrogen) atoms. The first-order valence-electron chi connectivity index (χ1n) is 10.2. The third kappa shape index (κ3) is 8.11. The number of rotatable bonds is 9. The number of benzene rings is 2. The molecule has 1 N–H and O–H groups in total. The van der Waals surface area contributed by atoms with Crippen LogP contribution in [0, 0.1) is 0 Å². The van der Waals surface area contributed by atoms with Crippen LogP contribution in [-0.4, -0.2) is 41.2 Å². The molecule has 2 rings (SSSR count). The van der Waals surface area contributed by atoms with E-state index < -0.39 is 6.04 Å². The molecule has 7 heteroatoms. The number of carbonyl (C=O) groups is 2. The van der Waals surface area contributed by atoms with Gasteiger partial charge in [-0.15, -0.1) is 11.8 Å². The van der Waals surface area contributed by atoms with Crippen LogP contribution in [-0.2, 0) is 21.9 Å². The predicted octanol–water partition coefficient (Wildman–Crippen LogP) is 4.91. The van der Waals surface area contributed by atoms with Crippen LogP contribution in [0.4, 0.5) is 0 Å². The van der Waals surface area contributed by atoms with E-state index in [-0.39, 0.29) is 23.1 Å². The Bertz CT molecular complexity index is 881. The SMILES string of the molecule is COc1ccc(CN(C(=O)CSCc2ccccc2Cl)C(C)C(=O)NC(C)(C)C)cc1. The molecular formula is C24H31ClN2O3S. The van der Waals surface area contributed by atoms with E-state index in [9.17, 15) is 9.59 Å². The average molecular weight is 463 g/mol. The summed E-state index contributed by atoms with van der Waals surface area (Å²) >= 11 is 7.70. The van der Waals surface area contributed by atoms with Crippen LogP contribution in [0.15, 0.2) is 48.5 Å². The zero-order valence-electron chi connectivity index (χ0n) is 18.8. The molecule has 0 aliphatic carbocycles. The van der Waals surface area contributed by atoms with Gasteiger partial charge in [-0.1, -0.05) is 41.9 Å². The maximum Gasteiger partial charge on any atom is 0.242 e. The quantitative estimate of drug-likeness (QED) is 0.575. The standard InChI is InChI=1S/C24H31ClN2O3S/c1-17(23(29)26-24(2,3)4)27(14-18-10-12-20(30-5)13-11-18)22(28)16-31-15-19-8-6-7-9-21(19)25/h6-13,17H,14-16H2,1-5H3,(H,26,29). The minimum absolute atomic E-state index is 0.0931. The molecule has 0 aliphatic heterocycles. The van der Waals surface area contributed by atoms with Crippen molar-refractivity contribution in [2.45, 2.75) is 51.6 Å². The number of ether oxygens (including phenoxy) is 1. The highest BCUT2D eigenvalue weighted by molar-refractivity contribution is 7.99. The van der Waals surface area contributed by atoms with Crippen LogP contribution in [0.3, 0.4) is 0 Å². The summed E-state index contributed by atoms with van der Waals surface area (Å²) in [5.74, 6) is 1.36. The zero-order valence-corrected chi connectivity index (χ0v) is 20.3. The first-order valence-corrected chi connectivity index (χ1v) is 11.7. The van der Waals surface area contributed by atoms with Crippen molar-refractivity contribution < 1.29 is 14.3 Å². The van der Waals surface area contributed by atoms with Gasteiger partial charge in [-0.2, -0.15) is 0 Å². The fraction of sp³-hybridized carbons (Fsp3) is 0.417. The maximum absolute atomic E-state index is 13.1. The van der Waals surface area contributed by atoms with Crippen LogP contribution in [0.2, 0.25) is 5.02 Å². The third-order valence-electron chi connectivity index (χ3n) is 4.62. The Morgan fingerprint density at radius 3 is 2.35 bits per heavy atom. The molecule has 0 radical (unpaired) electrons. The van der Waals surface area contributed by atoms with Crippen LogP contribution >= 0.6 is 23.4 Å². The van der Waals surface area contributed by atoms with Gasteiger partial charge in [0.1, 0.15) is 11.8 Å². The molecule has 5 nitrogen and oxygen atoms in total. The highest BCUT2D eigenvalue weighted by Crippen LogP contribution is 2.22. The summed E-state index contributed by atoms with van der Waals surface area (Å²) in [6.45, 7) is 7.88. The molecule has 2 amide bonds. The number of amides is 2. The van der Waals surface area contributed by atoms with E-state index in [1.165, 1.54) is 11.8 Å². The number of nitrogens with zero attached hydrogens (tertiary/aromatic N) is 1. The molecule has 1 atom stereocenters. The summed E-state index contributed by atoms with van der Waals surface area (Å²) < 4.78 is 5.21. The van der Waals surface area contributed by atoms with Crippen molar-refractivity contribution in [2.24, 2.45) is 0 Å². The normalized spacial score (nSPS) is 12.2. The minimum Gasteiger partial charge on any atom is -0.497 e. The topological polar surface area (TPSA) is 58.6 Å². The molecule has 0 bridgehead atoms. The lowest BCUT2D eigenvalue weighted by molar-refractivity contribution is -0.139. The molecule has 2 aromatic rings. The van der Waals surface area contributed by atoms with Crippen LogP contribution in [0.25, 0.3) is 0 Å². The van der Waals surface area contributed by atoms with Gasteiger partial charge in [0, 0.05) is 22.9 Å². The van der Waals surface area contributed by atoms with E-state index in [4.69, 9.17) is 16.3 Å². The van der Waals surface area contributed by atoms with Crippen LogP contribution < -0.4 is 10.1 Å². The van der Waals surface area contributed by atoms with E-state index in [1.54, 1.807) is 18.9 Å². The van der Waals surface area contributed by atoms with Crippen LogP contribution in [0.5, 0.6) is 5.75 Å². The number of thioether (sulfide) groups is 1. The van der Waals surface area contributed by atoms with E-state index in [1.807, 2.05) is 69.3 Å². The summed E-state index contributed by atoms with van der Waals surface area (Å²) in [6, 6.07) is 14.5. The van der Waals surface area contributed by atoms with Gasteiger partial charge in [0.05, 0.1) is 12.9 Å². The second-order valence-corrected chi connectivity index (χ2v) is 9.76. The van der Waals surface area contributed by atoms with Crippen molar-refractivity contribution in [1.82, 2.24) is 10.2 Å². The number of methoxy groups -OCH3 is 1. The number of carbonyl (C=O) groups excluding carboxylic acids is 2. The van der Waals surface area contributed by atoms with Gasteiger partial charge >= 0.3 is 0 Å². The average Bonchev–Trinajstić information content (AvgIpc) is 2.72. The molecule has 168 valence electrons. The fourth-order valence-corrected chi connectivity index (χ4v) is 4.13. The number of nitrogens with one attached hydrogen (secondary N) is 1. The van der Waals surface area contributed by atoms with Crippen molar-refractivity contribution >= 4 is 35.2 Å². The second-order valence-electron chi connectivity index (χ2n) is 8.37. The summed E-state index contributed by atoms with van der Waals surface area (Å²) in [6.07, 6.45) is 0. The van der Waals surface area contributed by atoms with Gasteiger partial charge in [0.15, 0.2) is 0 Å². The third-order valence-corrected chi connectivity index (χ3v) is 5.95. The molecular weight excluding hydrogens is 432 g/mol. The lowest BCUT2D eigenvalue weighted by Crippen LogP contribution is -2.52. The molecule has 2 aromatic carbocycles. The summed E-state index contributed by atoms with van der Waals surface area (Å²) in [7, 11) is 1.61. The van der Waals surface area contributed by atoms with Gasteiger partial charge in [-0.3, -0.25) is 9.59 Å². The molecule has 0 spiro atoms. The van der Waals surface area contributed by atoms with E-state index in [0.717, 1.165) is 16.9 Å². The Morgan fingerprint density at radius 1 is 1.13 bits per heavy atom. The van der Waals surface area contributed by atoms with E-state index in [2.05, 4.69) is 5.32 Å². The Hall–Kier alpha value is -2.18. The minimum atomic E-state index is -0.602. The molecule has 0 aromatic heterocycles. The lowest BCUT2D eigenvalue weighted by atomic mass is 10.1. The summed E-state index contributed by atoms with van der Waals surface area (Å²) in [4.78, 5) is 27.5. The van der Waals surface area contributed by atoms with Crippen molar-refractivity contribution in [3.63, 3.8) is 0 Å². The van der Waals surface area contributed by atoms with Crippen molar-refractivity contribution in [3.8, 4) is 5.75 Å². The first kappa shape index (κ1) is 25.1. The highest BCUT2D eigenvalue weighted by atomic mass is 35.5. The zero-order chi connectivity index (χ0) is 23.0. The Balaban J connectivity index is 2.11. The molecule has 1 unspecified atom stereocenters.